The van der Waals surface area contributed by atoms with Gasteiger partial charge in [-0.1, -0.05) is 0 Å². The van der Waals surface area contributed by atoms with Gasteiger partial charge in [0.2, 0.25) is 0 Å². The number of likely N-dealkylation sites (tertiary alicyclic amines) is 1. The number of esters is 1. The van der Waals surface area contributed by atoms with E-state index in [0.717, 1.165) is 0 Å². The summed E-state index contributed by atoms with van der Waals surface area (Å²) in [5, 5.41) is 0. The van der Waals surface area contributed by atoms with Crippen molar-refractivity contribution in [1.82, 2.24) is 4.90 Å². The minimum atomic E-state index is -2.88. The number of alkyl halides is 2. The Hall–Kier alpha value is -1.40. The molecule has 7 heteroatoms. The number of amides is 1. The molecule has 1 fully saturated rings. The van der Waals surface area contributed by atoms with Gasteiger partial charge in [-0.05, 0) is 27.2 Å². The lowest BCUT2D eigenvalue weighted by molar-refractivity contribution is -0.143. The summed E-state index contributed by atoms with van der Waals surface area (Å²) in [6, 6.07) is 0. The lowest BCUT2D eigenvalue weighted by Crippen LogP contribution is -2.50. The van der Waals surface area contributed by atoms with Crippen molar-refractivity contribution in [3.63, 3.8) is 0 Å². The molecule has 0 radical (unpaired) electrons. The molecule has 122 valence electrons. The average molecular weight is 307 g/mol. The highest BCUT2D eigenvalue weighted by Gasteiger charge is 2.45. The van der Waals surface area contributed by atoms with Gasteiger partial charge in [0.05, 0.1) is 7.11 Å². The third-order valence-corrected chi connectivity index (χ3v) is 3.33. The van der Waals surface area contributed by atoms with Crippen molar-refractivity contribution in [3.05, 3.63) is 0 Å². The predicted molar refractivity (Wildman–Crippen MR) is 72.1 cm³/mol. The molecule has 0 aromatic rings. The van der Waals surface area contributed by atoms with Crippen LogP contribution in [0.2, 0.25) is 0 Å². The quantitative estimate of drug-likeness (QED) is 0.752. The molecule has 0 N–H and O–H groups in total. The smallest absolute Gasteiger partial charge is 0.410 e. The van der Waals surface area contributed by atoms with Crippen LogP contribution in [0, 0.1) is 5.92 Å². The van der Waals surface area contributed by atoms with Crippen molar-refractivity contribution < 1.29 is 27.8 Å². The fourth-order valence-corrected chi connectivity index (χ4v) is 2.17. The number of piperidine rings is 1. The fourth-order valence-electron chi connectivity index (χ4n) is 2.17. The number of carbonyl (C=O) groups is 2. The Bertz CT molecular complexity index is 393. The maximum Gasteiger partial charge on any atom is 0.410 e. The molecule has 1 atom stereocenters. The molecule has 5 nitrogen and oxygen atoms in total. The maximum absolute atomic E-state index is 13.9. The van der Waals surface area contributed by atoms with E-state index in [1.54, 1.807) is 20.8 Å². The molecule has 1 heterocycles. The molecule has 21 heavy (non-hydrogen) atoms. The van der Waals surface area contributed by atoms with Crippen LogP contribution in [0.1, 0.15) is 40.0 Å². The second-order valence-electron chi connectivity index (χ2n) is 6.25. The molecule has 1 unspecified atom stereocenters. The van der Waals surface area contributed by atoms with Gasteiger partial charge in [0.1, 0.15) is 5.60 Å². The summed E-state index contributed by atoms with van der Waals surface area (Å²) >= 11 is 0. The van der Waals surface area contributed by atoms with Gasteiger partial charge in [-0.25, -0.2) is 13.6 Å². The van der Waals surface area contributed by atoms with Crippen molar-refractivity contribution in [2.75, 3.05) is 20.2 Å². The predicted octanol–water partition coefficient (Wildman–Crippen LogP) is 2.83. The highest BCUT2D eigenvalue weighted by atomic mass is 19.3. The van der Waals surface area contributed by atoms with Crippen LogP contribution in [0.3, 0.4) is 0 Å². The number of ether oxygens (including phenoxy) is 2. The Morgan fingerprint density at radius 3 is 2.48 bits per heavy atom. The molecule has 1 amide bonds. The third kappa shape index (κ3) is 5.47. The molecule has 0 aromatic heterocycles. The SMILES string of the molecule is COC(=O)CCC1CN(C(=O)OC(C)(C)C)CCC1(F)F. The zero-order chi connectivity index (χ0) is 16.3. The minimum Gasteiger partial charge on any atom is -0.469 e. The van der Waals surface area contributed by atoms with E-state index in [9.17, 15) is 18.4 Å². The molecule has 1 rings (SSSR count). The van der Waals surface area contributed by atoms with E-state index in [2.05, 4.69) is 4.74 Å². The van der Waals surface area contributed by atoms with Crippen molar-refractivity contribution in [1.29, 1.82) is 0 Å². The Kier molecular flexibility index (Phi) is 5.53. The summed E-state index contributed by atoms with van der Waals surface area (Å²) in [6.07, 6.45) is -1.11. The Morgan fingerprint density at radius 2 is 1.95 bits per heavy atom. The summed E-state index contributed by atoms with van der Waals surface area (Å²) in [5.74, 6) is -4.47. The molecule has 0 bridgehead atoms. The molecule has 1 saturated heterocycles. The molecule has 0 saturated carbocycles. The first-order valence-electron chi connectivity index (χ1n) is 6.98. The van der Waals surface area contributed by atoms with E-state index in [-0.39, 0.29) is 25.9 Å². The number of hydrogen-bond donors (Lipinski definition) is 0. The molecule has 1 aliphatic heterocycles. The van der Waals surface area contributed by atoms with Gasteiger partial charge >= 0.3 is 12.1 Å². The molecular formula is C14H23F2NO4. The van der Waals surface area contributed by atoms with Gasteiger partial charge in [-0.3, -0.25) is 4.79 Å². The number of rotatable bonds is 3. The number of methoxy groups -OCH3 is 1. The summed E-state index contributed by atoms with van der Waals surface area (Å²) in [4.78, 5) is 24.3. The van der Waals surface area contributed by atoms with E-state index in [4.69, 9.17) is 4.74 Å². The first kappa shape index (κ1) is 17.7. The monoisotopic (exact) mass is 307 g/mol. The zero-order valence-electron chi connectivity index (χ0n) is 12.9. The van der Waals surface area contributed by atoms with Crippen molar-refractivity contribution >= 4 is 12.1 Å². The second kappa shape index (κ2) is 6.58. The van der Waals surface area contributed by atoms with Gasteiger partial charge in [-0.2, -0.15) is 0 Å². The van der Waals surface area contributed by atoms with Crippen molar-refractivity contribution in [3.8, 4) is 0 Å². The number of hydrogen-bond acceptors (Lipinski definition) is 4. The van der Waals surface area contributed by atoms with Crippen LogP contribution in [0.4, 0.5) is 13.6 Å². The minimum absolute atomic E-state index is 0.0149. The van der Waals surface area contributed by atoms with Crippen LogP contribution in [0.15, 0.2) is 0 Å². The Morgan fingerprint density at radius 1 is 1.33 bits per heavy atom. The fraction of sp³-hybridized carbons (Fsp3) is 0.857. The third-order valence-electron chi connectivity index (χ3n) is 3.33. The van der Waals surface area contributed by atoms with Crippen molar-refractivity contribution in [2.45, 2.75) is 51.6 Å². The Balaban J connectivity index is 2.64. The van der Waals surface area contributed by atoms with Gasteiger partial charge in [0.25, 0.3) is 5.92 Å². The van der Waals surface area contributed by atoms with Crippen LogP contribution < -0.4 is 0 Å². The first-order valence-corrected chi connectivity index (χ1v) is 6.98. The molecular weight excluding hydrogens is 284 g/mol. The summed E-state index contributed by atoms with van der Waals surface area (Å²) in [5.41, 5.74) is -0.668. The van der Waals surface area contributed by atoms with Gasteiger partial charge in [0.15, 0.2) is 0 Å². The zero-order valence-corrected chi connectivity index (χ0v) is 12.9. The molecule has 1 aliphatic rings. The van der Waals surface area contributed by atoms with Crippen LogP contribution in [0.5, 0.6) is 0 Å². The Labute approximate surface area is 123 Å². The number of halogens is 2. The highest BCUT2D eigenvalue weighted by Crippen LogP contribution is 2.36. The summed E-state index contributed by atoms with van der Waals surface area (Å²) in [6.45, 7) is 5.00. The van der Waals surface area contributed by atoms with E-state index in [1.807, 2.05) is 0 Å². The van der Waals surface area contributed by atoms with E-state index in [0.29, 0.717) is 0 Å². The number of nitrogens with zero attached hydrogens (tertiary/aromatic N) is 1. The standard InChI is InChI=1S/C14H23F2NO4/c1-13(2,3)21-12(19)17-8-7-14(15,16)10(9-17)5-6-11(18)20-4/h10H,5-9H2,1-4H3. The second-order valence-corrected chi connectivity index (χ2v) is 6.25. The molecule has 0 aliphatic carbocycles. The lowest BCUT2D eigenvalue weighted by atomic mass is 9.89. The van der Waals surface area contributed by atoms with Crippen LogP contribution >= 0.6 is 0 Å². The average Bonchev–Trinajstić information content (AvgIpc) is 2.34. The van der Waals surface area contributed by atoms with E-state index in [1.165, 1.54) is 12.0 Å². The summed E-state index contributed by atoms with van der Waals surface area (Å²) < 4.78 is 37.4. The molecule has 0 spiro atoms. The normalized spacial score (nSPS) is 21.8. The van der Waals surface area contributed by atoms with Gasteiger partial charge in [-0.15, -0.1) is 0 Å². The molecule has 0 aromatic carbocycles. The maximum atomic E-state index is 13.9. The van der Waals surface area contributed by atoms with E-state index >= 15 is 0 Å². The topological polar surface area (TPSA) is 55.8 Å². The van der Waals surface area contributed by atoms with E-state index < -0.39 is 35.9 Å². The van der Waals surface area contributed by atoms with Crippen LogP contribution in [0.25, 0.3) is 0 Å². The van der Waals surface area contributed by atoms with Crippen LogP contribution in [-0.4, -0.2) is 48.7 Å². The lowest BCUT2D eigenvalue weighted by Gasteiger charge is -2.38. The van der Waals surface area contributed by atoms with Crippen LogP contribution in [-0.2, 0) is 14.3 Å². The summed E-state index contributed by atoms with van der Waals surface area (Å²) in [7, 11) is 1.22. The highest BCUT2D eigenvalue weighted by molar-refractivity contribution is 5.69. The largest absolute Gasteiger partial charge is 0.469 e. The van der Waals surface area contributed by atoms with Gasteiger partial charge < -0.3 is 14.4 Å². The van der Waals surface area contributed by atoms with Crippen molar-refractivity contribution in [2.24, 2.45) is 5.92 Å². The van der Waals surface area contributed by atoms with Gasteiger partial charge in [0, 0.05) is 31.8 Å². The first-order chi connectivity index (χ1) is 9.55. The number of carbonyl (C=O) groups excluding carboxylic acids is 2.